The van der Waals surface area contributed by atoms with Crippen molar-refractivity contribution >= 4 is 21.8 Å². The Labute approximate surface area is 320 Å². The fraction of sp³-hybridized carbons (Fsp3) is 0. The molecule has 0 atom stereocenters. The Hall–Kier alpha value is -7.36. The predicted molar refractivity (Wildman–Crippen MR) is 229 cm³/mol. The zero-order valence-electron chi connectivity index (χ0n) is 30.0. The summed E-state index contributed by atoms with van der Waals surface area (Å²) in [4.78, 5) is 10.2. The van der Waals surface area contributed by atoms with Crippen LogP contribution in [0.2, 0.25) is 0 Å². The van der Waals surface area contributed by atoms with E-state index in [-0.39, 0.29) is 0 Å². The van der Waals surface area contributed by atoms with Gasteiger partial charge in [-0.15, -0.1) is 0 Å². The molecular weight excluding hydrogens is 667 g/mol. The Kier molecular flexibility index (Phi) is 8.16. The smallest absolute Gasteiger partial charge is 0.160 e. The Morgan fingerprint density at radius 1 is 0.309 bits per heavy atom. The van der Waals surface area contributed by atoms with Gasteiger partial charge in [-0.05, 0) is 76.3 Å². The van der Waals surface area contributed by atoms with E-state index in [9.17, 15) is 0 Å². The van der Waals surface area contributed by atoms with Gasteiger partial charge in [0.2, 0.25) is 0 Å². The Morgan fingerprint density at radius 2 is 0.782 bits per heavy atom. The maximum atomic E-state index is 5.09. The summed E-state index contributed by atoms with van der Waals surface area (Å²) in [5.41, 5.74) is 15.5. The number of rotatable bonds is 7. The summed E-state index contributed by atoms with van der Waals surface area (Å²) in [5.74, 6) is 0.695. The molecule has 0 unspecified atom stereocenters. The van der Waals surface area contributed by atoms with E-state index in [2.05, 4.69) is 205 Å². The number of nitrogens with zero attached hydrogens (tertiary/aromatic N) is 3. The van der Waals surface area contributed by atoms with Gasteiger partial charge in [-0.25, -0.2) is 9.97 Å². The van der Waals surface area contributed by atoms with Crippen LogP contribution >= 0.6 is 0 Å². The lowest BCUT2D eigenvalue weighted by atomic mass is 9.91. The molecule has 10 aromatic rings. The second-order valence-corrected chi connectivity index (χ2v) is 13.8. The summed E-state index contributed by atoms with van der Waals surface area (Å²) in [6.07, 6.45) is 0. The molecule has 258 valence electrons. The first-order valence-corrected chi connectivity index (χ1v) is 18.7. The molecule has 3 nitrogen and oxygen atoms in total. The van der Waals surface area contributed by atoms with Crippen LogP contribution in [-0.2, 0) is 0 Å². The van der Waals surface area contributed by atoms with Crippen LogP contribution in [-0.4, -0.2) is 14.5 Å². The fourth-order valence-corrected chi connectivity index (χ4v) is 7.81. The first kappa shape index (κ1) is 32.3. The minimum Gasteiger partial charge on any atom is -0.309 e. The molecule has 10 rings (SSSR count). The molecule has 0 saturated heterocycles. The van der Waals surface area contributed by atoms with Crippen molar-refractivity contribution < 1.29 is 0 Å². The van der Waals surface area contributed by atoms with E-state index >= 15 is 0 Å². The van der Waals surface area contributed by atoms with Crippen molar-refractivity contribution in [1.82, 2.24) is 14.5 Å². The molecule has 0 aliphatic heterocycles. The molecule has 0 spiro atoms. The van der Waals surface area contributed by atoms with Gasteiger partial charge in [-0.2, -0.15) is 0 Å². The molecule has 0 bridgehead atoms. The molecule has 0 N–H and O–H groups in total. The summed E-state index contributed by atoms with van der Waals surface area (Å²) >= 11 is 0. The van der Waals surface area contributed by atoms with Crippen molar-refractivity contribution in [2.75, 3.05) is 0 Å². The van der Waals surface area contributed by atoms with Crippen LogP contribution in [0.1, 0.15) is 0 Å². The van der Waals surface area contributed by atoms with Crippen LogP contribution in [0.15, 0.2) is 212 Å². The van der Waals surface area contributed by atoms with Gasteiger partial charge >= 0.3 is 0 Å². The van der Waals surface area contributed by atoms with E-state index in [1.807, 2.05) is 12.1 Å². The number of hydrogen-bond donors (Lipinski definition) is 0. The third-order valence-corrected chi connectivity index (χ3v) is 10.4. The number of hydrogen-bond acceptors (Lipinski definition) is 2. The van der Waals surface area contributed by atoms with E-state index < -0.39 is 0 Å². The normalized spacial score (nSPS) is 11.3. The Morgan fingerprint density at radius 3 is 1.36 bits per heavy atom. The quantitative estimate of drug-likeness (QED) is 0.166. The van der Waals surface area contributed by atoms with Crippen LogP contribution in [0.3, 0.4) is 0 Å². The van der Waals surface area contributed by atoms with E-state index in [1.54, 1.807) is 0 Å². The van der Waals surface area contributed by atoms with Crippen molar-refractivity contribution in [3.05, 3.63) is 212 Å². The largest absolute Gasteiger partial charge is 0.309 e. The summed E-state index contributed by atoms with van der Waals surface area (Å²) in [5, 5.41) is 2.43. The van der Waals surface area contributed by atoms with Gasteiger partial charge in [0.25, 0.3) is 0 Å². The molecule has 8 aromatic carbocycles. The molecule has 0 aliphatic carbocycles. The Bertz CT molecular complexity index is 2880. The first-order valence-electron chi connectivity index (χ1n) is 18.7. The first-order chi connectivity index (χ1) is 27.3. The van der Waals surface area contributed by atoms with Crippen molar-refractivity contribution in [2.45, 2.75) is 0 Å². The average molecular weight is 702 g/mol. The molecule has 2 aromatic heterocycles. The van der Waals surface area contributed by atoms with E-state index in [0.717, 1.165) is 39.3 Å². The second-order valence-electron chi connectivity index (χ2n) is 13.8. The minimum atomic E-state index is 0.695. The van der Waals surface area contributed by atoms with Crippen LogP contribution in [0.5, 0.6) is 0 Å². The van der Waals surface area contributed by atoms with Crippen LogP contribution in [0.4, 0.5) is 0 Å². The van der Waals surface area contributed by atoms with Crippen LogP contribution in [0, 0.1) is 0 Å². The molecule has 0 aliphatic rings. The van der Waals surface area contributed by atoms with E-state index in [1.165, 1.54) is 49.7 Å². The van der Waals surface area contributed by atoms with Crippen molar-refractivity contribution in [3.63, 3.8) is 0 Å². The van der Waals surface area contributed by atoms with Crippen LogP contribution < -0.4 is 0 Å². The van der Waals surface area contributed by atoms with E-state index in [4.69, 9.17) is 9.97 Å². The number of para-hydroxylation sites is 1. The summed E-state index contributed by atoms with van der Waals surface area (Å²) in [6, 6.07) is 75.1. The van der Waals surface area contributed by atoms with Gasteiger partial charge in [-0.1, -0.05) is 164 Å². The molecule has 0 saturated carbocycles. The molecule has 0 fully saturated rings. The highest BCUT2D eigenvalue weighted by atomic mass is 15.0. The van der Waals surface area contributed by atoms with Crippen molar-refractivity contribution in [1.29, 1.82) is 0 Å². The molecule has 0 amide bonds. The summed E-state index contributed by atoms with van der Waals surface area (Å²) < 4.78 is 2.42. The average Bonchev–Trinajstić information content (AvgIpc) is 3.61. The molecular formula is C52H35N3. The summed E-state index contributed by atoms with van der Waals surface area (Å²) in [6.45, 7) is 0. The van der Waals surface area contributed by atoms with Gasteiger partial charge in [-0.3, -0.25) is 0 Å². The second kappa shape index (κ2) is 13.9. The number of aromatic nitrogens is 3. The highest BCUT2D eigenvalue weighted by Gasteiger charge is 2.20. The predicted octanol–water partition coefficient (Wildman–Crippen LogP) is 13.6. The van der Waals surface area contributed by atoms with Crippen LogP contribution in [0.25, 0.3) is 94.8 Å². The molecule has 2 heterocycles. The highest BCUT2D eigenvalue weighted by molar-refractivity contribution is 6.15. The summed E-state index contributed by atoms with van der Waals surface area (Å²) in [7, 11) is 0. The Balaban J connectivity index is 1.16. The SMILES string of the molecule is c1ccc(-c2cc(-c3ccccc3)nc(-c3ccc(-n4c5ccccc5c5cc(-c6ccccc6-c6ccccc6)cc(-c6ccccc6)c54)cc3)n2)cc1. The minimum absolute atomic E-state index is 0.695. The van der Waals surface area contributed by atoms with Crippen molar-refractivity contribution in [2.24, 2.45) is 0 Å². The number of benzene rings is 8. The lowest BCUT2D eigenvalue weighted by molar-refractivity contribution is 1.16. The fourth-order valence-electron chi connectivity index (χ4n) is 7.81. The molecule has 0 radical (unpaired) electrons. The zero-order chi connectivity index (χ0) is 36.6. The lowest BCUT2D eigenvalue weighted by Gasteiger charge is -2.16. The molecule has 3 heteroatoms. The zero-order valence-corrected chi connectivity index (χ0v) is 30.0. The molecule has 55 heavy (non-hydrogen) atoms. The van der Waals surface area contributed by atoms with Crippen molar-refractivity contribution in [3.8, 4) is 73.0 Å². The highest BCUT2D eigenvalue weighted by Crippen LogP contribution is 2.43. The van der Waals surface area contributed by atoms with Gasteiger partial charge in [0.1, 0.15) is 0 Å². The van der Waals surface area contributed by atoms with Gasteiger partial charge < -0.3 is 4.57 Å². The van der Waals surface area contributed by atoms with E-state index in [0.29, 0.717) is 5.82 Å². The van der Waals surface area contributed by atoms with Gasteiger partial charge in [0.05, 0.1) is 22.4 Å². The lowest BCUT2D eigenvalue weighted by Crippen LogP contribution is -1.98. The maximum absolute atomic E-state index is 5.09. The topological polar surface area (TPSA) is 30.7 Å². The number of fused-ring (bicyclic) bond motifs is 3. The van der Waals surface area contributed by atoms with Gasteiger partial charge in [0, 0.05) is 38.7 Å². The standard InChI is InChI=1S/C52H35N3/c1-5-17-36(18-6-1)43-25-13-14-26-44(43)41-33-46(37-19-7-2-8-20-37)51-47(34-41)45-27-15-16-28-50(45)55(51)42-31-29-40(30-32-42)52-53-48(38-21-9-3-10-22-38)35-49(54-52)39-23-11-4-12-24-39/h1-35H. The monoisotopic (exact) mass is 701 g/mol. The third-order valence-electron chi connectivity index (χ3n) is 10.4. The van der Waals surface area contributed by atoms with Gasteiger partial charge in [0.15, 0.2) is 5.82 Å². The third kappa shape index (κ3) is 5.98. The maximum Gasteiger partial charge on any atom is 0.160 e.